The third kappa shape index (κ3) is 6.07. The van der Waals surface area contributed by atoms with E-state index in [9.17, 15) is 9.18 Å². The number of benzene rings is 3. The summed E-state index contributed by atoms with van der Waals surface area (Å²) in [4.78, 5) is 14.1. The van der Waals surface area contributed by atoms with E-state index in [-0.39, 0.29) is 17.0 Å². The zero-order chi connectivity index (χ0) is 23.9. The molecule has 1 heterocycles. The van der Waals surface area contributed by atoms with Crippen LogP contribution in [0.1, 0.15) is 24.7 Å². The van der Waals surface area contributed by atoms with E-state index < -0.39 is 0 Å². The highest BCUT2D eigenvalue weighted by Gasteiger charge is 2.23. The second-order valence-corrected chi connectivity index (χ2v) is 9.90. The third-order valence-corrected chi connectivity index (χ3v) is 7.44. The smallest absolute Gasteiger partial charge is 0.237 e. The van der Waals surface area contributed by atoms with Crippen molar-refractivity contribution >= 4 is 35.1 Å². The van der Waals surface area contributed by atoms with Crippen molar-refractivity contribution in [1.29, 1.82) is 0 Å². The van der Waals surface area contributed by atoms with E-state index in [0.717, 1.165) is 16.4 Å². The molecule has 3 aromatic carbocycles. The Hall–Kier alpha value is -3.10. The van der Waals surface area contributed by atoms with Crippen LogP contribution < -0.4 is 5.32 Å². The van der Waals surface area contributed by atoms with Gasteiger partial charge in [-0.25, -0.2) is 4.39 Å². The number of thioether (sulfide) groups is 2. The van der Waals surface area contributed by atoms with E-state index in [4.69, 9.17) is 0 Å². The topological polar surface area (TPSA) is 59.8 Å². The number of hydrogen-bond acceptors (Lipinski definition) is 5. The molecule has 0 saturated carbocycles. The fourth-order valence-electron chi connectivity index (χ4n) is 3.29. The van der Waals surface area contributed by atoms with Gasteiger partial charge in [-0.3, -0.25) is 9.36 Å². The monoisotopic (exact) mass is 492 g/mol. The summed E-state index contributed by atoms with van der Waals surface area (Å²) in [5.74, 6) is 0.959. The molecular weight excluding hydrogens is 467 g/mol. The Labute approximate surface area is 207 Å². The SMILES string of the molecule is CCC(Sc1nnc(CSc2ccc(C)cc2)n1-c1ccccc1)C(=O)Nc1ccc(F)cc1. The van der Waals surface area contributed by atoms with Gasteiger partial charge >= 0.3 is 0 Å². The van der Waals surface area contributed by atoms with Crippen LogP contribution in [0.2, 0.25) is 0 Å². The molecule has 0 fully saturated rings. The van der Waals surface area contributed by atoms with Gasteiger partial charge in [0.15, 0.2) is 5.16 Å². The van der Waals surface area contributed by atoms with Crippen LogP contribution in [0, 0.1) is 12.7 Å². The van der Waals surface area contributed by atoms with Crippen molar-refractivity contribution in [3.63, 3.8) is 0 Å². The van der Waals surface area contributed by atoms with Crippen LogP contribution in [-0.4, -0.2) is 25.9 Å². The third-order valence-electron chi connectivity index (χ3n) is 5.13. The second-order valence-electron chi connectivity index (χ2n) is 7.68. The standard InChI is InChI=1S/C26H25FN4OS2/c1-3-23(25(32)28-20-13-11-19(27)12-14-20)34-26-30-29-24(31(26)21-7-5-4-6-8-21)17-33-22-15-9-18(2)10-16-22/h4-16,23H,3,17H2,1-2H3,(H,28,32). The van der Waals surface area contributed by atoms with Crippen molar-refractivity contribution < 1.29 is 9.18 Å². The first-order valence-corrected chi connectivity index (χ1v) is 12.8. The summed E-state index contributed by atoms with van der Waals surface area (Å²) in [6, 6.07) is 24.1. The maximum atomic E-state index is 13.2. The number of para-hydroxylation sites is 1. The predicted octanol–water partition coefficient (Wildman–Crippen LogP) is 6.52. The molecular formula is C26H25FN4OS2. The van der Waals surface area contributed by atoms with Crippen LogP contribution in [0.5, 0.6) is 0 Å². The lowest BCUT2D eigenvalue weighted by molar-refractivity contribution is -0.115. The molecule has 5 nitrogen and oxygen atoms in total. The van der Waals surface area contributed by atoms with Gasteiger partial charge in [0.05, 0.1) is 11.0 Å². The first-order chi connectivity index (χ1) is 16.5. The van der Waals surface area contributed by atoms with E-state index in [2.05, 4.69) is 46.7 Å². The molecule has 1 amide bonds. The van der Waals surface area contributed by atoms with Crippen molar-refractivity contribution in [2.24, 2.45) is 0 Å². The number of amides is 1. The van der Waals surface area contributed by atoms with E-state index in [1.165, 1.54) is 29.5 Å². The normalized spacial score (nSPS) is 11.9. The quantitative estimate of drug-likeness (QED) is 0.270. The fourth-order valence-corrected chi connectivity index (χ4v) is 5.10. The zero-order valence-corrected chi connectivity index (χ0v) is 20.6. The van der Waals surface area contributed by atoms with Crippen molar-refractivity contribution in [3.8, 4) is 5.69 Å². The summed E-state index contributed by atoms with van der Waals surface area (Å²) in [7, 11) is 0. The Kier molecular flexibility index (Phi) is 8.03. The average Bonchev–Trinajstić information content (AvgIpc) is 3.26. The minimum absolute atomic E-state index is 0.155. The number of rotatable bonds is 9. The second kappa shape index (κ2) is 11.4. The van der Waals surface area contributed by atoms with Crippen LogP contribution in [0.25, 0.3) is 5.69 Å². The molecule has 1 unspecified atom stereocenters. The zero-order valence-electron chi connectivity index (χ0n) is 18.9. The molecule has 4 aromatic rings. The van der Waals surface area contributed by atoms with Gasteiger partial charge in [-0.1, -0.05) is 54.6 Å². The van der Waals surface area contributed by atoms with Crippen LogP contribution in [0.15, 0.2) is 88.9 Å². The summed E-state index contributed by atoms with van der Waals surface area (Å²) >= 11 is 3.07. The number of carbonyl (C=O) groups is 1. The molecule has 8 heteroatoms. The lowest BCUT2D eigenvalue weighted by Gasteiger charge is -2.16. The molecule has 0 saturated heterocycles. The molecule has 0 aliphatic carbocycles. The molecule has 0 aliphatic rings. The molecule has 1 aromatic heterocycles. The Balaban J connectivity index is 1.55. The summed E-state index contributed by atoms with van der Waals surface area (Å²) in [6.07, 6.45) is 0.604. The van der Waals surface area contributed by atoms with Gasteiger partial charge < -0.3 is 5.32 Å². The largest absolute Gasteiger partial charge is 0.325 e. The fraction of sp³-hybridized carbons (Fsp3) is 0.192. The highest BCUT2D eigenvalue weighted by atomic mass is 32.2. The minimum atomic E-state index is -0.380. The maximum absolute atomic E-state index is 13.2. The summed E-state index contributed by atoms with van der Waals surface area (Å²) < 4.78 is 15.2. The van der Waals surface area contributed by atoms with Gasteiger partial charge in [0.2, 0.25) is 5.91 Å². The highest BCUT2D eigenvalue weighted by Crippen LogP contribution is 2.31. The Morgan fingerprint density at radius 2 is 1.71 bits per heavy atom. The van der Waals surface area contributed by atoms with Gasteiger partial charge in [0.25, 0.3) is 0 Å². The van der Waals surface area contributed by atoms with Crippen LogP contribution >= 0.6 is 23.5 Å². The molecule has 0 radical (unpaired) electrons. The first-order valence-electron chi connectivity index (χ1n) is 11.0. The van der Waals surface area contributed by atoms with Gasteiger partial charge in [-0.2, -0.15) is 0 Å². The van der Waals surface area contributed by atoms with E-state index >= 15 is 0 Å². The van der Waals surface area contributed by atoms with Crippen molar-refractivity contribution in [2.45, 2.75) is 41.3 Å². The Morgan fingerprint density at radius 1 is 1.00 bits per heavy atom. The molecule has 0 aliphatic heterocycles. The first kappa shape index (κ1) is 24.0. The number of aryl methyl sites for hydroxylation is 1. The summed E-state index contributed by atoms with van der Waals surface area (Å²) in [5, 5.41) is 12.1. The number of nitrogens with zero attached hydrogens (tertiary/aromatic N) is 3. The molecule has 0 bridgehead atoms. The Bertz CT molecular complexity index is 1230. The van der Waals surface area contributed by atoms with Gasteiger partial charge in [0.1, 0.15) is 11.6 Å². The number of carbonyl (C=O) groups excluding carboxylic acids is 1. The molecule has 1 atom stereocenters. The highest BCUT2D eigenvalue weighted by molar-refractivity contribution is 8.00. The van der Waals surface area contributed by atoms with Crippen LogP contribution in [0.3, 0.4) is 0 Å². The number of halogens is 1. The van der Waals surface area contributed by atoms with Crippen molar-refractivity contribution in [3.05, 3.63) is 96.1 Å². The van der Waals surface area contributed by atoms with Crippen molar-refractivity contribution in [2.75, 3.05) is 5.32 Å². The molecule has 174 valence electrons. The molecule has 4 rings (SSSR count). The number of nitrogens with one attached hydrogen (secondary N) is 1. The molecule has 0 spiro atoms. The lowest BCUT2D eigenvalue weighted by atomic mass is 10.2. The summed E-state index contributed by atoms with van der Waals surface area (Å²) in [5.41, 5.74) is 2.73. The molecule has 34 heavy (non-hydrogen) atoms. The predicted molar refractivity (Wildman–Crippen MR) is 137 cm³/mol. The van der Waals surface area contributed by atoms with Crippen LogP contribution in [-0.2, 0) is 10.5 Å². The van der Waals surface area contributed by atoms with E-state index in [0.29, 0.717) is 23.0 Å². The molecule has 1 N–H and O–H groups in total. The van der Waals surface area contributed by atoms with E-state index in [1.807, 2.05) is 41.8 Å². The van der Waals surface area contributed by atoms with Gasteiger partial charge in [-0.05, 0) is 61.9 Å². The average molecular weight is 493 g/mol. The van der Waals surface area contributed by atoms with Crippen LogP contribution in [0.4, 0.5) is 10.1 Å². The number of hydrogen-bond donors (Lipinski definition) is 1. The van der Waals surface area contributed by atoms with Crippen molar-refractivity contribution in [1.82, 2.24) is 14.8 Å². The number of anilines is 1. The Morgan fingerprint density at radius 3 is 2.38 bits per heavy atom. The summed E-state index contributed by atoms with van der Waals surface area (Å²) in [6.45, 7) is 4.03. The minimum Gasteiger partial charge on any atom is -0.325 e. The van der Waals surface area contributed by atoms with Gasteiger partial charge in [-0.15, -0.1) is 22.0 Å². The van der Waals surface area contributed by atoms with Gasteiger partial charge in [0, 0.05) is 16.3 Å². The maximum Gasteiger partial charge on any atom is 0.237 e. The lowest BCUT2D eigenvalue weighted by Crippen LogP contribution is -2.25. The van der Waals surface area contributed by atoms with E-state index in [1.54, 1.807) is 23.9 Å². The number of aromatic nitrogens is 3.